The van der Waals surface area contributed by atoms with Gasteiger partial charge in [-0.15, -0.1) is 0 Å². The highest BCUT2D eigenvalue weighted by molar-refractivity contribution is 5.86. The second-order valence-corrected chi connectivity index (χ2v) is 8.85. The lowest BCUT2D eigenvalue weighted by molar-refractivity contribution is -0.135. The number of amides is 3. The largest absolute Gasteiger partial charge is 0.378 e. The lowest BCUT2D eigenvalue weighted by Gasteiger charge is -2.48. The van der Waals surface area contributed by atoms with Gasteiger partial charge in [-0.25, -0.2) is 4.79 Å². The molecule has 4 rings (SSSR count). The second-order valence-electron chi connectivity index (χ2n) is 8.85. The Balaban J connectivity index is 1.42. The Hall–Kier alpha value is -2.12. The average Bonchev–Trinajstić information content (AvgIpc) is 3.04. The van der Waals surface area contributed by atoms with Crippen LogP contribution in [-0.2, 0) is 15.1 Å². The van der Waals surface area contributed by atoms with Gasteiger partial charge in [0.25, 0.3) is 0 Å². The number of ether oxygens (including phenoxy) is 1. The number of nitrogens with one attached hydrogen (secondary N) is 1. The smallest absolute Gasteiger partial charge is 0.318 e. The Labute approximate surface area is 173 Å². The zero-order valence-corrected chi connectivity index (χ0v) is 17.5. The molecule has 1 aromatic rings. The van der Waals surface area contributed by atoms with Gasteiger partial charge >= 0.3 is 6.03 Å². The van der Waals surface area contributed by atoms with Gasteiger partial charge in [0.1, 0.15) is 6.54 Å². The van der Waals surface area contributed by atoms with Gasteiger partial charge in [0.05, 0.1) is 18.8 Å². The first-order valence-electron chi connectivity index (χ1n) is 10.6. The highest BCUT2D eigenvalue weighted by Gasteiger charge is 2.50. The van der Waals surface area contributed by atoms with Crippen molar-refractivity contribution in [3.8, 4) is 0 Å². The molecule has 2 heterocycles. The summed E-state index contributed by atoms with van der Waals surface area (Å²) in [5, 5.41) is 3.23. The quantitative estimate of drug-likeness (QED) is 0.835. The lowest BCUT2D eigenvalue weighted by Crippen LogP contribution is -2.54. The molecule has 158 valence electrons. The van der Waals surface area contributed by atoms with Crippen molar-refractivity contribution in [2.75, 3.05) is 53.5 Å². The minimum Gasteiger partial charge on any atom is -0.378 e. The molecule has 2 saturated heterocycles. The predicted molar refractivity (Wildman–Crippen MR) is 111 cm³/mol. The molecule has 0 bridgehead atoms. The molecule has 29 heavy (non-hydrogen) atoms. The summed E-state index contributed by atoms with van der Waals surface area (Å²) in [6.45, 7) is 3.15. The molecule has 0 unspecified atom stereocenters. The van der Waals surface area contributed by atoms with E-state index in [4.69, 9.17) is 4.74 Å². The van der Waals surface area contributed by atoms with Crippen molar-refractivity contribution in [2.24, 2.45) is 0 Å². The van der Waals surface area contributed by atoms with Gasteiger partial charge in [-0.1, -0.05) is 30.3 Å². The first-order chi connectivity index (χ1) is 13.9. The molecule has 1 spiro atoms. The Kier molecular flexibility index (Phi) is 5.53. The van der Waals surface area contributed by atoms with Crippen LogP contribution in [0.25, 0.3) is 0 Å². The minimum absolute atomic E-state index is 0.00568. The number of hydrogen-bond acceptors (Lipinski definition) is 4. The molecule has 0 aromatic heterocycles. The zero-order valence-electron chi connectivity index (χ0n) is 17.5. The highest BCUT2D eigenvalue weighted by Crippen LogP contribution is 2.45. The maximum absolute atomic E-state index is 12.6. The summed E-state index contributed by atoms with van der Waals surface area (Å²) >= 11 is 0. The van der Waals surface area contributed by atoms with Crippen LogP contribution < -0.4 is 5.32 Å². The third kappa shape index (κ3) is 3.85. The Morgan fingerprint density at radius 2 is 1.76 bits per heavy atom. The number of carbonyl (C=O) groups is 2. The van der Waals surface area contributed by atoms with Crippen molar-refractivity contribution in [3.05, 3.63) is 35.9 Å². The molecule has 3 fully saturated rings. The summed E-state index contributed by atoms with van der Waals surface area (Å²) in [4.78, 5) is 31.1. The molecule has 2 aliphatic heterocycles. The molecule has 7 heteroatoms. The number of nitrogens with zero attached hydrogens (tertiary/aromatic N) is 3. The molecular formula is C22H32N4O3. The highest BCUT2D eigenvalue weighted by atomic mass is 16.5. The van der Waals surface area contributed by atoms with Crippen LogP contribution in [0.1, 0.15) is 31.2 Å². The van der Waals surface area contributed by atoms with Gasteiger partial charge in [0.15, 0.2) is 0 Å². The summed E-state index contributed by atoms with van der Waals surface area (Å²) in [6.07, 6.45) is 3.78. The predicted octanol–water partition coefficient (Wildman–Crippen LogP) is 1.64. The van der Waals surface area contributed by atoms with Crippen LogP contribution in [0, 0.1) is 0 Å². The number of rotatable bonds is 4. The summed E-state index contributed by atoms with van der Waals surface area (Å²) in [5.41, 5.74) is 1.11. The number of urea groups is 1. The fraction of sp³-hybridized carbons (Fsp3) is 0.636. The fourth-order valence-corrected chi connectivity index (χ4v) is 5.15. The molecule has 7 nitrogen and oxygen atoms in total. The van der Waals surface area contributed by atoms with Crippen LogP contribution in [0.2, 0.25) is 0 Å². The van der Waals surface area contributed by atoms with E-state index in [9.17, 15) is 9.59 Å². The van der Waals surface area contributed by atoms with Gasteiger partial charge in [0, 0.05) is 25.2 Å². The first-order valence-corrected chi connectivity index (χ1v) is 10.6. The van der Waals surface area contributed by atoms with Crippen LogP contribution in [0.15, 0.2) is 30.3 Å². The van der Waals surface area contributed by atoms with Crippen molar-refractivity contribution in [2.45, 2.75) is 36.8 Å². The van der Waals surface area contributed by atoms with Crippen molar-refractivity contribution >= 4 is 11.9 Å². The van der Waals surface area contributed by atoms with Crippen LogP contribution in [0.3, 0.4) is 0 Å². The van der Waals surface area contributed by atoms with E-state index in [0.717, 1.165) is 25.7 Å². The third-order valence-electron chi connectivity index (χ3n) is 7.04. The maximum Gasteiger partial charge on any atom is 0.318 e. The number of carbonyl (C=O) groups excluding carboxylic acids is 2. The minimum atomic E-state index is -0.226. The molecular weight excluding hydrogens is 368 g/mol. The number of benzene rings is 1. The van der Waals surface area contributed by atoms with Crippen LogP contribution in [-0.4, -0.2) is 85.7 Å². The van der Waals surface area contributed by atoms with Crippen LogP contribution in [0.5, 0.6) is 0 Å². The Bertz CT molecular complexity index is 738. The number of morpholine rings is 1. The molecule has 1 N–H and O–H groups in total. The monoisotopic (exact) mass is 400 g/mol. The van der Waals surface area contributed by atoms with Crippen LogP contribution in [0.4, 0.5) is 4.79 Å². The van der Waals surface area contributed by atoms with E-state index in [1.54, 1.807) is 9.80 Å². The molecule has 0 radical (unpaired) electrons. The summed E-state index contributed by atoms with van der Waals surface area (Å²) in [6, 6.07) is 10.6. The maximum atomic E-state index is 12.6. The van der Waals surface area contributed by atoms with E-state index < -0.39 is 0 Å². The van der Waals surface area contributed by atoms with Crippen molar-refractivity contribution in [1.29, 1.82) is 0 Å². The van der Waals surface area contributed by atoms with Gasteiger partial charge in [-0.2, -0.15) is 0 Å². The van der Waals surface area contributed by atoms with E-state index in [-0.39, 0.29) is 29.6 Å². The summed E-state index contributed by atoms with van der Waals surface area (Å²) in [7, 11) is 4.29. The fourth-order valence-electron chi connectivity index (χ4n) is 5.15. The normalized spacial score (nSPS) is 30.1. The zero-order chi connectivity index (χ0) is 20.5. The standard InChI is InChI=1S/C22H32N4O3/c1-24(2)22(18-6-4-3-5-7-18)10-8-21(9-11-22)17-26(20(28)23-21)16-19(27)25-12-14-29-15-13-25/h3-7H,8-17H2,1-2H3,(H,23,28). The molecule has 1 aromatic carbocycles. The third-order valence-corrected chi connectivity index (χ3v) is 7.04. The Morgan fingerprint density at radius 1 is 1.10 bits per heavy atom. The van der Waals surface area contributed by atoms with Gasteiger partial charge in [-0.3, -0.25) is 9.69 Å². The topological polar surface area (TPSA) is 65.1 Å². The molecule has 3 aliphatic rings. The lowest BCUT2D eigenvalue weighted by atomic mass is 9.69. The van der Waals surface area contributed by atoms with Crippen molar-refractivity contribution in [3.63, 3.8) is 0 Å². The van der Waals surface area contributed by atoms with Crippen molar-refractivity contribution < 1.29 is 14.3 Å². The first kappa shape index (κ1) is 20.2. The van der Waals surface area contributed by atoms with Gasteiger partial charge < -0.3 is 19.9 Å². The van der Waals surface area contributed by atoms with E-state index in [2.05, 4.69) is 54.6 Å². The number of hydrogen-bond donors (Lipinski definition) is 1. The Morgan fingerprint density at radius 3 is 2.38 bits per heavy atom. The summed E-state index contributed by atoms with van der Waals surface area (Å²) < 4.78 is 5.32. The van der Waals surface area contributed by atoms with E-state index in [1.807, 2.05) is 0 Å². The van der Waals surface area contributed by atoms with Gasteiger partial charge in [-0.05, 0) is 45.3 Å². The molecule has 3 amide bonds. The molecule has 0 atom stereocenters. The molecule has 1 aliphatic carbocycles. The van der Waals surface area contributed by atoms with Crippen LogP contribution >= 0.6 is 0 Å². The van der Waals surface area contributed by atoms with E-state index in [0.29, 0.717) is 32.8 Å². The molecule has 1 saturated carbocycles. The van der Waals surface area contributed by atoms with E-state index in [1.165, 1.54) is 5.56 Å². The SMILES string of the molecule is CN(C)C1(c2ccccc2)CCC2(CC1)CN(CC(=O)N1CCOCC1)C(=O)N2. The van der Waals surface area contributed by atoms with Gasteiger partial charge in [0.2, 0.25) is 5.91 Å². The average molecular weight is 401 g/mol. The van der Waals surface area contributed by atoms with E-state index >= 15 is 0 Å². The van der Waals surface area contributed by atoms with Crippen molar-refractivity contribution in [1.82, 2.24) is 20.0 Å². The summed E-state index contributed by atoms with van der Waals surface area (Å²) in [5.74, 6) is 0.0169. The second kappa shape index (κ2) is 7.95.